The summed E-state index contributed by atoms with van der Waals surface area (Å²) < 4.78 is 0. The Morgan fingerprint density at radius 1 is 1.47 bits per heavy atom. The Hall–Kier alpha value is -0.940. The number of aromatic nitrogens is 1. The van der Waals surface area contributed by atoms with Crippen LogP contribution in [0.4, 0.5) is 0 Å². The molecule has 2 atom stereocenters. The van der Waals surface area contributed by atoms with Gasteiger partial charge in [-0.3, -0.25) is 4.79 Å². The molecule has 1 aromatic heterocycles. The van der Waals surface area contributed by atoms with E-state index in [1.165, 1.54) is 0 Å². The van der Waals surface area contributed by atoms with Gasteiger partial charge in [0.2, 0.25) is 5.91 Å². The number of hydrogen-bond acceptors (Lipinski definition) is 4. The van der Waals surface area contributed by atoms with Gasteiger partial charge in [-0.2, -0.15) is 0 Å². The summed E-state index contributed by atoms with van der Waals surface area (Å²) in [5, 5.41) is 1.12. The summed E-state index contributed by atoms with van der Waals surface area (Å²) in [6.07, 6.45) is 2.59. The van der Waals surface area contributed by atoms with Crippen LogP contribution in [0.15, 0.2) is 0 Å². The molecule has 0 aliphatic rings. The van der Waals surface area contributed by atoms with Crippen molar-refractivity contribution in [3.8, 4) is 0 Å². The Morgan fingerprint density at radius 3 is 2.58 bits per heavy atom. The molecule has 108 valence electrons. The number of nitrogens with two attached hydrogens (primary N) is 1. The smallest absolute Gasteiger partial charge is 0.239 e. The molecular weight excluding hydrogens is 258 g/mol. The third-order valence-corrected chi connectivity index (χ3v) is 4.88. The first-order valence-corrected chi connectivity index (χ1v) is 7.72. The van der Waals surface area contributed by atoms with Gasteiger partial charge in [-0.15, -0.1) is 11.3 Å². The molecule has 1 amide bonds. The van der Waals surface area contributed by atoms with Gasteiger partial charge in [0.15, 0.2) is 0 Å². The zero-order valence-corrected chi connectivity index (χ0v) is 13.4. The molecule has 4 nitrogen and oxygen atoms in total. The molecule has 0 fully saturated rings. The van der Waals surface area contributed by atoms with Crippen molar-refractivity contribution in [2.75, 3.05) is 7.05 Å². The normalized spacial score (nSPS) is 14.2. The maximum atomic E-state index is 12.2. The molecule has 0 aromatic carbocycles. The molecule has 1 aromatic rings. The van der Waals surface area contributed by atoms with Crippen molar-refractivity contribution < 1.29 is 4.79 Å². The Labute approximate surface area is 120 Å². The van der Waals surface area contributed by atoms with Crippen LogP contribution in [0.1, 0.15) is 55.2 Å². The molecule has 1 rings (SSSR count). The van der Waals surface area contributed by atoms with Crippen molar-refractivity contribution in [3.63, 3.8) is 0 Å². The van der Waals surface area contributed by atoms with Gasteiger partial charge in [0, 0.05) is 11.9 Å². The van der Waals surface area contributed by atoms with Crippen molar-refractivity contribution >= 4 is 17.2 Å². The topological polar surface area (TPSA) is 59.2 Å². The molecule has 0 saturated heterocycles. The van der Waals surface area contributed by atoms with E-state index in [2.05, 4.69) is 11.9 Å². The lowest BCUT2D eigenvalue weighted by atomic mass is 10.1. The number of thiazole rings is 1. The van der Waals surface area contributed by atoms with Gasteiger partial charge in [-0.05, 0) is 26.7 Å². The predicted octanol–water partition coefficient (Wildman–Crippen LogP) is 2.66. The first-order chi connectivity index (χ1) is 8.92. The quantitative estimate of drug-likeness (QED) is 0.873. The molecule has 0 saturated carbocycles. The standard InChI is InChI=1S/C14H25N3OS/c1-6-8-11(15)14(18)17(5)10(4)13-9(3)16-12(7-2)19-13/h10-11H,6-8,15H2,1-5H3. The lowest BCUT2D eigenvalue weighted by Crippen LogP contribution is -2.42. The van der Waals surface area contributed by atoms with E-state index in [-0.39, 0.29) is 11.9 Å². The van der Waals surface area contributed by atoms with Crippen LogP contribution in [0.5, 0.6) is 0 Å². The number of hydrogen-bond donors (Lipinski definition) is 1. The number of carbonyl (C=O) groups excluding carboxylic acids is 1. The molecule has 0 bridgehead atoms. The lowest BCUT2D eigenvalue weighted by molar-refractivity contribution is -0.133. The largest absolute Gasteiger partial charge is 0.337 e. The van der Waals surface area contributed by atoms with E-state index in [9.17, 15) is 4.79 Å². The van der Waals surface area contributed by atoms with Crippen molar-refractivity contribution in [2.24, 2.45) is 5.73 Å². The monoisotopic (exact) mass is 283 g/mol. The average Bonchev–Trinajstić information content (AvgIpc) is 2.77. The maximum absolute atomic E-state index is 12.2. The number of aryl methyl sites for hydroxylation is 2. The highest BCUT2D eigenvalue weighted by Crippen LogP contribution is 2.29. The van der Waals surface area contributed by atoms with E-state index < -0.39 is 6.04 Å². The fourth-order valence-electron chi connectivity index (χ4n) is 2.07. The zero-order chi connectivity index (χ0) is 14.6. The molecule has 0 spiro atoms. The Morgan fingerprint density at radius 2 is 2.11 bits per heavy atom. The molecule has 2 N–H and O–H groups in total. The zero-order valence-electron chi connectivity index (χ0n) is 12.6. The highest BCUT2D eigenvalue weighted by molar-refractivity contribution is 7.11. The molecule has 1 heterocycles. The van der Waals surface area contributed by atoms with Crippen LogP contribution in [-0.4, -0.2) is 28.9 Å². The summed E-state index contributed by atoms with van der Waals surface area (Å²) >= 11 is 1.69. The predicted molar refractivity (Wildman–Crippen MR) is 80.3 cm³/mol. The third kappa shape index (κ3) is 3.76. The second kappa shape index (κ2) is 7.01. The molecule has 2 unspecified atom stereocenters. The van der Waals surface area contributed by atoms with Crippen LogP contribution in [0, 0.1) is 6.92 Å². The minimum absolute atomic E-state index is 0.0141. The highest BCUT2D eigenvalue weighted by atomic mass is 32.1. The third-order valence-electron chi connectivity index (χ3n) is 3.40. The first-order valence-electron chi connectivity index (χ1n) is 6.90. The van der Waals surface area contributed by atoms with Crippen LogP contribution in [0.3, 0.4) is 0 Å². The summed E-state index contributed by atoms with van der Waals surface area (Å²) in [5.74, 6) is 0.0141. The van der Waals surface area contributed by atoms with E-state index >= 15 is 0 Å². The summed E-state index contributed by atoms with van der Waals surface area (Å²) in [6, 6.07) is -0.357. The van der Waals surface area contributed by atoms with Crippen LogP contribution < -0.4 is 5.73 Å². The summed E-state index contributed by atoms with van der Waals surface area (Å²) in [5.41, 5.74) is 6.94. The first kappa shape index (κ1) is 16.1. The Balaban J connectivity index is 2.83. The molecular formula is C14H25N3OS. The summed E-state index contributed by atoms with van der Waals surface area (Å²) in [7, 11) is 1.83. The number of amides is 1. The van der Waals surface area contributed by atoms with Crippen molar-refractivity contribution in [3.05, 3.63) is 15.6 Å². The van der Waals surface area contributed by atoms with Gasteiger partial charge in [0.25, 0.3) is 0 Å². The SMILES string of the molecule is CCCC(N)C(=O)N(C)C(C)c1sc(CC)nc1C. The Kier molecular flexibility index (Phi) is 5.94. The minimum Gasteiger partial charge on any atom is -0.337 e. The molecule has 0 aliphatic heterocycles. The second-order valence-corrected chi connectivity index (χ2v) is 6.05. The molecule has 5 heteroatoms. The van der Waals surface area contributed by atoms with E-state index in [1.807, 2.05) is 27.8 Å². The van der Waals surface area contributed by atoms with Gasteiger partial charge in [-0.1, -0.05) is 20.3 Å². The number of carbonyl (C=O) groups is 1. The van der Waals surface area contributed by atoms with E-state index in [4.69, 9.17) is 5.73 Å². The Bertz CT molecular complexity index is 430. The number of nitrogens with zero attached hydrogens (tertiary/aromatic N) is 2. The lowest BCUT2D eigenvalue weighted by Gasteiger charge is -2.27. The van der Waals surface area contributed by atoms with Crippen LogP contribution in [-0.2, 0) is 11.2 Å². The van der Waals surface area contributed by atoms with Crippen LogP contribution in [0.25, 0.3) is 0 Å². The van der Waals surface area contributed by atoms with Gasteiger partial charge in [-0.25, -0.2) is 4.98 Å². The molecule has 19 heavy (non-hydrogen) atoms. The minimum atomic E-state index is -0.392. The fraction of sp³-hybridized carbons (Fsp3) is 0.714. The number of likely N-dealkylation sites (N-methyl/N-ethyl adjacent to an activating group) is 1. The van der Waals surface area contributed by atoms with Gasteiger partial charge < -0.3 is 10.6 Å². The van der Waals surface area contributed by atoms with E-state index in [1.54, 1.807) is 16.2 Å². The fourth-order valence-corrected chi connectivity index (χ4v) is 3.17. The average molecular weight is 283 g/mol. The van der Waals surface area contributed by atoms with E-state index in [0.29, 0.717) is 0 Å². The van der Waals surface area contributed by atoms with Gasteiger partial charge in [0.05, 0.1) is 22.8 Å². The maximum Gasteiger partial charge on any atom is 0.239 e. The highest BCUT2D eigenvalue weighted by Gasteiger charge is 2.25. The number of rotatable bonds is 6. The van der Waals surface area contributed by atoms with Gasteiger partial charge in [0.1, 0.15) is 0 Å². The van der Waals surface area contributed by atoms with Crippen LogP contribution in [0.2, 0.25) is 0 Å². The van der Waals surface area contributed by atoms with E-state index in [0.717, 1.165) is 34.8 Å². The van der Waals surface area contributed by atoms with Crippen molar-refractivity contribution in [1.82, 2.24) is 9.88 Å². The summed E-state index contributed by atoms with van der Waals surface area (Å²) in [6.45, 7) is 8.18. The van der Waals surface area contributed by atoms with Crippen molar-refractivity contribution in [2.45, 2.75) is 59.0 Å². The molecule has 0 aliphatic carbocycles. The summed E-state index contributed by atoms with van der Waals surface area (Å²) in [4.78, 5) is 19.7. The van der Waals surface area contributed by atoms with Crippen molar-refractivity contribution in [1.29, 1.82) is 0 Å². The van der Waals surface area contributed by atoms with Gasteiger partial charge >= 0.3 is 0 Å². The van der Waals surface area contributed by atoms with Crippen LogP contribution >= 0.6 is 11.3 Å². The molecule has 0 radical (unpaired) electrons. The second-order valence-electron chi connectivity index (χ2n) is 4.93.